The van der Waals surface area contributed by atoms with Crippen LogP contribution in [0.1, 0.15) is 29.2 Å². The normalized spacial score (nSPS) is 11.6. The van der Waals surface area contributed by atoms with Crippen molar-refractivity contribution in [3.05, 3.63) is 65.2 Å². The topological polar surface area (TPSA) is 75.6 Å². The molecule has 2 aromatic rings. The highest BCUT2D eigenvalue weighted by Gasteiger charge is 2.19. The number of aryl methyl sites for hydroxylation is 2. The van der Waals surface area contributed by atoms with Crippen LogP contribution in [0.15, 0.2) is 48.5 Å². The molecule has 2 rings (SSSR count). The van der Waals surface area contributed by atoms with Crippen molar-refractivity contribution in [1.82, 2.24) is 5.32 Å². The molecule has 5 nitrogen and oxygen atoms in total. The van der Waals surface area contributed by atoms with Gasteiger partial charge in [0.15, 0.2) is 6.61 Å². The summed E-state index contributed by atoms with van der Waals surface area (Å²) in [5, 5.41) is 11.8. The third kappa shape index (κ3) is 5.12. The molecule has 0 aliphatic rings. The van der Waals surface area contributed by atoms with Crippen LogP contribution >= 0.6 is 0 Å². The lowest BCUT2D eigenvalue weighted by molar-refractivity contribution is -0.137. The summed E-state index contributed by atoms with van der Waals surface area (Å²) in [5.41, 5.74) is 2.83. The van der Waals surface area contributed by atoms with Crippen molar-refractivity contribution in [2.24, 2.45) is 0 Å². The van der Waals surface area contributed by atoms with Crippen LogP contribution < -0.4 is 10.1 Å². The SMILES string of the molecule is Cc1ccc(OCC(=O)NC(CC(=O)O)c2ccccc2C)cc1. The molecule has 0 saturated heterocycles. The lowest BCUT2D eigenvalue weighted by Crippen LogP contribution is -2.34. The average Bonchev–Trinajstić information content (AvgIpc) is 2.54. The van der Waals surface area contributed by atoms with E-state index in [9.17, 15) is 9.59 Å². The van der Waals surface area contributed by atoms with E-state index in [2.05, 4.69) is 5.32 Å². The zero-order valence-corrected chi connectivity index (χ0v) is 13.8. The first-order chi connectivity index (χ1) is 11.5. The number of carbonyl (C=O) groups excluding carboxylic acids is 1. The molecule has 0 fully saturated rings. The van der Waals surface area contributed by atoms with E-state index >= 15 is 0 Å². The minimum absolute atomic E-state index is 0.162. The Hall–Kier alpha value is -2.82. The van der Waals surface area contributed by atoms with E-state index in [1.807, 2.05) is 50.2 Å². The molecule has 1 unspecified atom stereocenters. The molecular weight excluding hydrogens is 306 g/mol. The monoisotopic (exact) mass is 327 g/mol. The van der Waals surface area contributed by atoms with E-state index in [0.29, 0.717) is 5.75 Å². The molecule has 0 aliphatic heterocycles. The number of benzene rings is 2. The molecule has 1 atom stereocenters. The second-order valence-corrected chi connectivity index (χ2v) is 5.68. The summed E-state index contributed by atoms with van der Waals surface area (Å²) in [7, 11) is 0. The lowest BCUT2D eigenvalue weighted by Gasteiger charge is -2.19. The van der Waals surface area contributed by atoms with Gasteiger partial charge in [-0.25, -0.2) is 0 Å². The fraction of sp³-hybridized carbons (Fsp3) is 0.263. The second-order valence-electron chi connectivity index (χ2n) is 5.68. The molecule has 1 amide bonds. The zero-order valence-electron chi connectivity index (χ0n) is 13.8. The molecule has 126 valence electrons. The average molecular weight is 327 g/mol. The van der Waals surface area contributed by atoms with Crippen molar-refractivity contribution in [2.45, 2.75) is 26.3 Å². The summed E-state index contributed by atoms with van der Waals surface area (Å²) in [5.74, 6) is -0.727. The zero-order chi connectivity index (χ0) is 17.5. The quantitative estimate of drug-likeness (QED) is 0.819. The highest BCUT2D eigenvalue weighted by Crippen LogP contribution is 2.20. The Morgan fingerprint density at radius 2 is 1.75 bits per heavy atom. The smallest absolute Gasteiger partial charge is 0.305 e. The van der Waals surface area contributed by atoms with Crippen LogP contribution in [0.4, 0.5) is 0 Å². The molecule has 5 heteroatoms. The van der Waals surface area contributed by atoms with Crippen LogP contribution in [0.2, 0.25) is 0 Å². The van der Waals surface area contributed by atoms with Gasteiger partial charge in [-0.15, -0.1) is 0 Å². The van der Waals surface area contributed by atoms with Gasteiger partial charge in [-0.2, -0.15) is 0 Å². The van der Waals surface area contributed by atoms with Crippen LogP contribution in [0.5, 0.6) is 5.75 Å². The number of hydrogen-bond donors (Lipinski definition) is 2. The molecule has 0 aliphatic carbocycles. The van der Waals surface area contributed by atoms with Gasteiger partial charge < -0.3 is 15.2 Å². The summed E-state index contributed by atoms with van der Waals surface area (Å²) >= 11 is 0. The number of carboxylic acids is 1. The summed E-state index contributed by atoms with van der Waals surface area (Å²) in [6, 6.07) is 14.2. The van der Waals surface area contributed by atoms with E-state index in [1.165, 1.54) is 0 Å². The molecule has 0 heterocycles. The van der Waals surface area contributed by atoms with E-state index in [0.717, 1.165) is 16.7 Å². The molecule has 24 heavy (non-hydrogen) atoms. The van der Waals surface area contributed by atoms with Gasteiger partial charge in [0.2, 0.25) is 0 Å². The van der Waals surface area contributed by atoms with Crippen molar-refractivity contribution in [2.75, 3.05) is 6.61 Å². The van der Waals surface area contributed by atoms with Crippen molar-refractivity contribution in [3.63, 3.8) is 0 Å². The van der Waals surface area contributed by atoms with E-state index in [4.69, 9.17) is 9.84 Å². The van der Waals surface area contributed by atoms with Gasteiger partial charge in [-0.05, 0) is 37.1 Å². The van der Waals surface area contributed by atoms with Gasteiger partial charge in [0, 0.05) is 0 Å². The maximum atomic E-state index is 12.1. The highest BCUT2D eigenvalue weighted by molar-refractivity contribution is 5.79. The minimum Gasteiger partial charge on any atom is -0.484 e. The summed E-state index contributed by atoms with van der Waals surface area (Å²) in [6.45, 7) is 3.69. The number of carbonyl (C=O) groups is 2. The Kier molecular flexibility index (Phi) is 5.95. The van der Waals surface area contributed by atoms with Gasteiger partial charge in [-0.1, -0.05) is 42.0 Å². The Bertz CT molecular complexity index is 710. The molecular formula is C19H21NO4. The predicted molar refractivity (Wildman–Crippen MR) is 91.0 cm³/mol. The number of nitrogens with one attached hydrogen (secondary N) is 1. The Balaban J connectivity index is 2.00. The van der Waals surface area contributed by atoms with Gasteiger partial charge in [-0.3, -0.25) is 9.59 Å². The van der Waals surface area contributed by atoms with Crippen molar-refractivity contribution in [3.8, 4) is 5.75 Å². The van der Waals surface area contributed by atoms with Crippen LogP contribution in [0.3, 0.4) is 0 Å². The molecule has 0 aromatic heterocycles. The van der Waals surface area contributed by atoms with Crippen LogP contribution in [-0.2, 0) is 9.59 Å². The number of rotatable bonds is 7. The molecule has 0 bridgehead atoms. The molecule has 2 N–H and O–H groups in total. The largest absolute Gasteiger partial charge is 0.484 e. The third-order valence-corrected chi connectivity index (χ3v) is 3.67. The number of carboxylic acid groups (broad SMARTS) is 1. The Labute approximate surface area is 141 Å². The first-order valence-corrected chi connectivity index (χ1v) is 7.72. The molecule has 2 aromatic carbocycles. The highest BCUT2D eigenvalue weighted by atomic mass is 16.5. The summed E-state index contributed by atoms with van der Waals surface area (Å²) < 4.78 is 5.44. The fourth-order valence-electron chi connectivity index (χ4n) is 2.41. The van der Waals surface area contributed by atoms with E-state index < -0.39 is 12.0 Å². The molecule has 0 spiro atoms. The number of hydrogen-bond acceptors (Lipinski definition) is 3. The second kappa shape index (κ2) is 8.15. The summed E-state index contributed by atoms with van der Waals surface area (Å²) in [6.07, 6.45) is -0.179. The number of amides is 1. The number of aliphatic carboxylic acids is 1. The lowest BCUT2D eigenvalue weighted by atomic mass is 9.99. The van der Waals surface area contributed by atoms with Crippen LogP contribution in [0.25, 0.3) is 0 Å². The Morgan fingerprint density at radius 3 is 2.38 bits per heavy atom. The van der Waals surface area contributed by atoms with Gasteiger partial charge in [0.1, 0.15) is 5.75 Å². The van der Waals surface area contributed by atoms with Crippen molar-refractivity contribution >= 4 is 11.9 Å². The first-order valence-electron chi connectivity index (χ1n) is 7.72. The molecule has 0 radical (unpaired) electrons. The minimum atomic E-state index is -0.969. The standard InChI is InChI=1S/C19H21NO4/c1-13-7-9-15(10-8-13)24-12-18(21)20-17(11-19(22)23)16-6-4-3-5-14(16)2/h3-10,17H,11-12H2,1-2H3,(H,20,21)(H,22,23). The van der Waals surface area contributed by atoms with E-state index in [-0.39, 0.29) is 18.9 Å². The van der Waals surface area contributed by atoms with Gasteiger partial charge in [0.05, 0.1) is 12.5 Å². The van der Waals surface area contributed by atoms with Gasteiger partial charge in [0.25, 0.3) is 5.91 Å². The van der Waals surface area contributed by atoms with Crippen molar-refractivity contribution < 1.29 is 19.4 Å². The maximum Gasteiger partial charge on any atom is 0.305 e. The van der Waals surface area contributed by atoms with E-state index in [1.54, 1.807) is 12.1 Å². The number of ether oxygens (including phenoxy) is 1. The van der Waals surface area contributed by atoms with Gasteiger partial charge >= 0.3 is 5.97 Å². The Morgan fingerprint density at radius 1 is 1.08 bits per heavy atom. The van der Waals surface area contributed by atoms with Crippen LogP contribution in [0, 0.1) is 13.8 Å². The third-order valence-electron chi connectivity index (χ3n) is 3.67. The fourth-order valence-corrected chi connectivity index (χ4v) is 2.41. The summed E-state index contributed by atoms with van der Waals surface area (Å²) in [4.78, 5) is 23.2. The first kappa shape index (κ1) is 17.5. The predicted octanol–water partition coefficient (Wildman–Crippen LogP) is 3.01. The molecule has 0 saturated carbocycles. The van der Waals surface area contributed by atoms with Crippen molar-refractivity contribution in [1.29, 1.82) is 0 Å². The maximum absolute atomic E-state index is 12.1. The van der Waals surface area contributed by atoms with Crippen LogP contribution in [-0.4, -0.2) is 23.6 Å².